The number of carbonyl (C=O) groups excluding carboxylic acids is 1. The summed E-state index contributed by atoms with van der Waals surface area (Å²) in [6.07, 6.45) is 0.777. The van der Waals surface area contributed by atoms with E-state index in [-0.39, 0.29) is 5.89 Å². The molecular formula is C8H10N2O3. The number of fused-ring (bicyclic) bond motifs is 1. The highest BCUT2D eigenvalue weighted by Gasteiger charge is 2.20. The number of oxazole rings is 1. The molecule has 5 heteroatoms. The first-order chi connectivity index (χ1) is 6.31. The predicted molar refractivity (Wildman–Crippen MR) is 43.3 cm³/mol. The molecule has 0 saturated carbocycles. The molecule has 1 aliphatic rings. The zero-order valence-corrected chi connectivity index (χ0v) is 7.29. The molecule has 0 atom stereocenters. The minimum absolute atomic E-state index is 0.0520. The molecule has 13 heavy (non-hydrogen) atoms. The number of carbonyl (C=O) groups is 1. The molecule has 0 fully saturated rings. The van der Waals surface area contributed by atoms with Gasteiger partial charge in [-0.1, -0.05) is 0 Å². The Hall–Kier alpha value is -1.36. The maximum absolute atomic E-state index is 11.0. The van der Waals surface area contributed by atoms with Crippen LogP contribution in [0, 0.1) is 0 Å². The SMILES string of the molecule is COC(=O)c1nc2c(o1)CCNC2. The quantitative estimate of drug-likeness (QED) is 0.624. The first-order valence-electron chi connectivity index (χ1n) is 4.09. The van der Waals surface area contributed by atoms with E-state index in [0.717, 1.165) is 24.4 Å². The van der Waals surface area contributed by atoms with Gasteiger partial charge in [-0.3, -0.25) is 0 Å². The van der Waals surface area contributed by atoms with Crippen molar-refractivity contribution in [1.29, 1.82) is 0 Å². The molecule has 0 bridgehead atoms. The van der Waals surface area contributed by atoms with E-state index in [9.17, 15) is 4.79 Å². The van der Waals surface area contributed by atoms with Crippen LogP contribution in [0.1, 0.15) is 22.1 Å². The van der Waals surface area contributed by atoms with Gasteiger partial charge < -0.3 is 14.5 Å². The highest BCUT2D eigenvalue weighted by Crippen LogP contribution is 2.15. The largest absolute Gasteiger partial charge is 0.462 e. The Labute approximate surface area is 75.1 Å². The van der Waals surface area contributed by atoms with Crippen molar-refractivity contribution in [1.82, 2.24) is 10.3 Å². The van der Waals surface area contributed by atoms with Crippen LogP contribution < -0.4 is 5.32 Å². The van der Waals surface area contributed by atoms with Gasteiger partial charge in [-0.15, -0.1) is 0 Å². The fraction of sp³-hybridized carbons (Fsp3) is 0.500. The lowest BCUT2D eigenvalue weighted by atomic mass is 10.2. The lowest BCUT2D eigenvalue weighted by Gasteiger charge is -2.07. The fourth-order valence-electron chi connectivity index (χ4n) is 1.30. The smallest absolute Gasteiger partial charge is 0.394 e. The second-order valence-electron chi connectivity index (χ2n) is 2.81. The number of methoxy groups -OCH3 is 1. The van der Waals surface area contributed by atoms with Crippen LogP contribution in [-0.4, -0.2) is 24.6 Å². The van der Waals surface area contributed by atoms with Crippen LogP contribution in [0.25, 0.3) is 0 Å². The van der Waals surface area contributed by atoms with Gasteiger partial charge in [-0.25, -0.2) is 9.78 Å². The number of nitrogens with zero attached hydrogens (tertiary/aromatic N) is 1. The zero-order valence-electron chi connectivity index (χ0n) is 7.29. The number of hydrogen-bond acceptors (Lipinski definition) is 5. The van der Waals surface area contributed by atoms with Crippen LogP contribution in [-0.2, 0) is 17.7 Å². The van der Waals surface area contributed by atoms with E-state index in [4.69, 9.17) is 4.42 Å². The Morgan fingerprint density at radius 1 is 1.69 bits per heavy atom. The number of aromatic nitrogens is 1. The summed E-state index contributed by atoms with van der Waals surface area (Å²) in [5.74, 6) is 0.324. The van der Waals surface area contributed by atoms with Crippen molar-refractivity contribution in [2.75, 3.05) is 13.7 Å². The minimum atomic E-state index is -0.519. The van der Waals surface area contributed by atoms with Crippen LogP contribution >= 0.6 is 0 Å². The Bertz CT molecular complexity index is 309. The average molecular weight is 182 g/mol. The van der Waals surface area contributed by atoms with Gasteiger partial charge in [0.1, 0.15) is 5.76 Å². The third-order valence-corrected chi connectivity index (χ3v) is 1.96. The second-order valence-corrected chi connectivity index (χ2v) is 2.81. The minimum Gasteiger partial charge on any atom is -0.462 e. The van der Waals surface area contributed by atoms with Crippen molar-refractivity contribution >= 4 is 5.97 Å². The third kappa shape index (κ3) is 1.42. The highest BCUT2D eigenvalue weighted by molar-refractivity contribution is 5.84. The molecule has 1 N–H and O–H groups in total. The van der Waals surface area contributed by atoms with Gasteiger partial charge in [0.15, 0.2) is 0 Å². The Morgan fingerprint density at radius 2 is 2.54 bits per heavy atom. The van der Waals surface area contributed by atoms with Crippen molar-refractivity contribution in [3.63, 3.8) is 0 Å². The van der Waals surface area contributed by atoms with Crippen LogP contribution in [0.4, 0.5) is 0 Å². The van der Waals surface area contributed by atoms with Crippen molar-refractivity contribution in [2.45, 2.75) is 13.0 Å². The number of rotatable bonds is 1. The summed E-state index contributed by atoms with van der Waals surface area (Å²) in [5.41, 5.74) is 0.812. The molecule has 0 radical (unpaired) electrons. The molecule has 0 spiro atoms. The van der Waals surface area contributed by atoms with Gasteiger partial charge in [0, 0.05) is 19.5 Å². The maximum atomic E-state index is 11.0. The fourth-order valence-corrected chi connectivity index (χ4v) is 1.30. The van der Waals surface area contributed by atoms with Crippen LogP contribution in [0.5, 0.6) is 0 Å². The molecule has 1 aliphatic heterocycles. The number of ether oxygens (including phenoxy) is 1. The topological polar surface area (TPSA) is 64.4 Å². The van der Waals surface area contributed by atoms with E-state index in [1.165, 1.54) is 7.11 Å². The monoisotopic (exact) mass is 182 g/mol. The van der Waals surface area contributed by atoms with Crippen molar-refractivity contribution in [2.24, 2.45) is 0 Å². The summed E-state index contributed by atoms with van der Waals surface area (Å²) in [5, 5.41) is 3.14. The Morgan fingerprint density at radius 3 is 3.23 bits per heavy atom. The number of nitrogens with one attached hydrogen (secondary N) is 1. The van der Waals surface area contributed by atoms with Crippen molar-refractivity contribution < 1.29 is 13.9 Å². The summed E-state index contributed by atoms with van der Waals surface area (Å²) in [6.45, 7) is 1.53. The van der Waals surface area contributed by atoms with E-state index >= 15 is 0 Å². The lowest BCUT2D eigenvalue weighted by Crippen LogP contribution is -2.22. The molecular weight excluding hydrogens is 172 g/mol. The molecule has 70 valence electrons. The first-order valence-corrected chi connectivity index (χ1v) is 4.09. The molecule has 5 nitrogen and oxygen atoms in total. The lowest BCUT2D eigenvalue weighted by molar-refractivity contribution is 0.0554. The molecule has 2 rings (SSSR count). The summed E-state index contributed by atoms with van der Waals surface area (Å²) < 4.78 is 9.73. The van der Waals surface area contributed by atoms with Gasteiger partial charge in [0.2, 0.25) is 0 Å². The Balaban J connectivity index is 2.30. The molecule has 0 amide bonds. The zero-order chi connectivity index (χ0) is 9.26. The molecule has 1 aromatic heterocycles. The van der Waals surface area contributed by atoms with E-state index in [0.29, 0.717) is 6.54 Å². The van der Waals surface area contributed by atoms with Crippen molar-refractivity contribution in [3.8, 4) is 0 Å². The highest BCUT2D eigenvalue weighted by atomic mass is 16.5. The van der Waals surface area contributed by atoms with E-state index in [2.05, 4.69) is 15.0 Å². The summed E-state index contributed by atoms with van der Waals surface area (Å²) in [4.78, 5) is 15.1. The predicted octanol–water partition coefficient (Wildman–Crippen LogP) is 0.107. The molecule has 1 aromatic rings. The summed E-state index contributed by atoms with van der Waals surface area (Å²) in [6, 6.07) is 0. The van der Waals surface area contributed by atoms with Gasteiger partial charge in [0.25, 0.3) is 0 Å². The van der Waals surface area contributed by atoms with E-state index < -0.39 is 5.97 Å². The van der Waals surface area contributed by atoms with Crippen LogP contribution in [0.15, 0.2) is 4.42 Å². The third-order valence-electron chi connectivity index (χ3n) is 1.96. The van der Waals surface area contributed by atoms with E-state index in [1.54, 1.807) is 0 Å². The second kappa shape index (κ2) is 3.18. The van der Waals surface area contributed by atoms with Crippen LogP contribution in [0.3, 0.4) is 0 Å². The Kier molecular flexibility index (Phi) is 2.02. The normalized spacial score (nSPS) is 15.2. The molecule has 2 heterocycles. The summed E-state index contributed by atoms with van der Waals surface area (Å²) in [7, 11) is 1.31. The van der Waals surface area contributed by atoms with Crippen molar-refractivity contribution in [3.05, 3.63) is 17.3 Å². The average Bonchev–Trinajstić information content (AvgIpc) is 2.59. The van der Waals surface area contributed by atoms with Gasteiger partial charge >= 0.3 is 11.9 Å². The first kappa shape index (κ1) is 8.25. The standard InChI is InChI=1S/C8H10N2O3/c1-12-8(11)7-10-5-4-9-3-2-6(5)13-7/h9H,2-4H2,1H3. The van der Waals surface area contributed by atoms with E-state index in [1.807, 2.05) is 0 Å². The van der Waals surface area contributed by atoms with Crippen LogP contribution in [0.2, 0.25) is 0 Å². The number of hydrogen-bond donors (Lipinski definition) is 1. The van der Waals surface area contributed by atoms with Gasteiger partial charge in [-0.05, 0) is 0 Å². The maximum Gasteiger partial charge on any atom is 0.394 e. The molecule has 0 aromatic carbocycles. The number of esters is 1. The van der Waals surface area contributed by atoms with Gasteiger partial charge in [0.05, 0.1) is 12.8 Å². The molecule has 0 unspecified atom stereocenters. The summed E-state index contributed by atoms with van der Waals surface area (Å²) >= 11 is 0. The molecule has 0 aliphatic carbocycles. The molecule has 0 saturated heterocycles. The van der Waals surface area contributed by atoms with Gasteiger partial charge in [-0.2, -0.15) is 0 Å².